The van der Waals surface area contributed by atoms with Gasteiger partial charge in [0, 0.05) is 38.3 Å². The van der Waals surface area contributed by atoms with Crippen LogP contribution in [0.4, 0.5) is 0 Å². The van der Waals surface area contributed by atoms with Crippen LogP contribution in [-0.4, -0.2) is 21.0 Å². The first kappa shape index (κ1) is 14.6. The van der Waals surface area contributed by atoms with Gasteiger partial charge in [0.25, 0.3) is 0 Å². The molecule has 0 saturated carbocycles. The van der Waals surface area contributed by atoms with Gasteiger partial charge in [-0.2, -0.15) is 0 Å². The third-order valence-electron chi connectivity index (χ3n) is 2.44. The van der Waals surface area contributed by atoms with Crippen molar-refractivity contribution in [2.45, 2.75) is 31.9 Å². The van der Waals surface area contributed by atoms with Crippen molar-refractivity contribution in [3.05, 3.63) is 34.3 Å². The van der Waals surface area contributed by atoms with Crippen LogP contribution in [0.15, 0.2) is 28.7 Å². The number of carbonyl (C=O) groups is 1. The Morgan fingerprint density at radius 1 is 1.29 bits per heavy atom. The smallest absolute Gasteiger partial charge is 0.162 e. The maximum absolute atomic E-state index is 11.8. The molecule has 0 amide bonds. The van der Waals surface area contributed by atoms with Crippen molar-refractivity contribution in [1.82, 2.24) is 0 Å². The number of rotatable bonds is 6. The molecule has 0 aliphatic rings. The van der Waals surface area contributed by atoms with Gasteiger partial charge < -0.3 is 0 Å². The van der Waals surface area contributed by atoms with Crippen LogP contribution in [0.3, 0.4) is 0 Å². The first-order valence-electron chi connectivity index (χ1n) is 5.66. The Kier molecular flexibility index (Phi) is 6.06. The summed E-state index contributed by atoms with van der Waals surface area (Å²) in [5.74, 6) is 0.734. The van der Waals surface area contributed by atoms with Crippen LogP contribution in [0.1, 0.15) is 37.0 Å². The molecule has 1 unspecified atom stereocenters. The molecule has 94 valence electrons. The predicted octanol–water partition coefficient (Wildman–Crippen LogP) is 3.57. The van der Waals surface area contributed by atoms with Gasteiger partial charge in [0.2, 0.25) is 0 Å². The average molecular weight is 317 g/mol. The molecule has 0 radical (unpaired) electrons. The number of halogens is 1. The minimum absolute atomic E-state index is 0.123. The van der Waals surface area contributed by atoms with Crippen molar-refractivity contribution >= 4 is 32.5 Å². The second-order valence-electron chi connectivity index (χ2n) is 4.17. The first-order valence-corrected chi connectivity index (χ1v) is 7.84. The summed E-state index contributed by atoms with van der Waals surface area (Å²) >= 11 is 3.33. The van der Waals surface area contributed by atoms with E-state index in [0.29, 0.717) is 18.6 Å². The highest BCUT2D eigenvalue weighted by Crippen LogP contribution is 2.13. The van der Waals surface area contributed by atoms with Gasteiger partial charge in [0.15, 0.2) is 5.78 Å². The third-order valence-corrected chi connectivity index (χ3v) is 4.71. The van der Waals surface area contributed by atoms with Gasteiger partial charge >= 0.3 is 0 Å². The molecule has 0 bridgehead atoms. The third kappa shape index (κ3) is 5.13. The SMILES string of the molecule is CC(C)S(=O)CCCC(=O)c1ccc(Br)cc1. The maximum Gasteiger partial charge on any atom is 0.162 e. The average Bonchev–Trinajstić information content (AvgIpc) is 2.29. The number of ketones is 1. The van der Waals surface area contributed by atoms with Gasteiger partial charge in [-0.15, -0.1) is 0 Å². The van der Waals surface area contributed by atoms with Crippen LogP contribution < -0.4 is 0 Å². The Balaban J connectivity index is 2.40. The largest absolute Gasteiger partial charge is 0.294 e. The molecule has 1 aromatic carbocycles. The Morgan fingerprint density at radius 3 is 2.41 bits per heavy atom. The van der Waals surface area contributed by atoms with Crippen molar-refractivity contribution in [2.75, 3.05) is 5.75 Å². The van der Waals surface area contributed by atoms with Crippen molar-refractivity contribution in [3.63, 3.8) is 0 Å². The summed E-state index contributed by atoms with van der Waals surface area (Å²) in [5, 5.41) is 0.179. The molecule has 2 nitrogen and oxygen atoms in total. The zero-order valence-corrected chi connectivity index (χ0v) is 12.5. The lowest BCUT2D eigenvalue weighted by Gasteiger charge is -2.05. The molecule has 0 aliphatic heterocycles. The van der Waals surface area contributed by atoms with Gasteiger partial charge in [0.05, 0.1) is 0 Å². The second kappa shape index (κ2) is 7.07. The summed E-state index contributed by atoms with van der Waals surface area (Å²) < 4.78 is 12.5. The topological polar surface area (TPSA) is 34.1 Å². The summed E-state index contributed by atoms with van der Waals surface area (Å²) in [4.78, 5) is 11.8. The molecule has 0 fully saturated rings. The lowest BCUT2D eigenvalue weighted by molar-refractivity contribution is 0.0982. The number of hydrogen-bond donors (Lipinski definition) is 0. The van der Waals surface area contributed by atoms with Crippen LogP contribution >= 0.6 is 15.9 Å². The van der Waals surface area contributed by atoms with E-state index in [4.69, 9.17) is 0 Å². The Morgan fingerprint density at radius 2 is 1.88 bits per heavy atom. The summed E-state index contributed by atoms with van der Waals surface area (Å²) in [7, 11) is -0.808. The summed E-state index contributed by atoms with van der Waals surface area (Å²) in [6, 6.07) is 7.34. The van der Waals surface area contributed by atoms with Crippen LogP contribution in [0.25, 0.3) is 0 Å². The maximum atomic E-state index is 11.8. The summed E-state index contributed by atoms with van der Waals surface area (Å²) in [6.45, 7) is 3.87. The fourth-order valence-corrected chi connectivity index (χ4v) is 2.56. The van der Waals surface area contributed by atoms with Crippen LogP contribution in [0.5, 0.6) is 0 Å². The molecular weight excluding hydrogens is 300 g/mol. The molecular formula is C13H17BrO2S. The molecule has 0 heterocycles. The standard InChI is InChI=1S/C13H17BrO2S/c1-10(2)17(16)9-3-4-13(15)11-5-7-12(14)8-6-11/h5-8,10H,3-4,9H2,1-2H3. The molecule has 0 spiro atoms. The van der Waals surface area contributed by atoms with Gasteiger partial charge in [-0.25, -0.2) is 0 Å². The number of carbonyl (C=O) groups excluding carboxylic acids is 1. The van der Waals surface area contributed by atoms with Crippen LogP contribution in [-0.2, 0) is 10.8 Å². The fraction of sp³-hybridized carbons (Fsp3) is 0.462. The highest BCUT2D eigenvalue weighted by atomic mass is 79.9. The lowest BCUT2D eigenvalue weighted by Crippen LogP contribution is -2.11. The molecule has 4 heteroatoms. The van der Waals surface area contributed by atoms with Crippen molar-refractivity contribution < 1.29 is 9.00 Å². The van der Waals surface area contributed by atoms with E-state index in [1.165, 1.54) is 0 Å². The van der Waals surface area contributed by atoms with Gasteiger partial charge in [-0.05, 0) is 18.6 Å². The second-order valence-corrected chi connectivity index (χ2v) is 7.20. The monoisotopic (exact) mass is 316 g/mol. The first-order chi connectivity index (χ1) is 8.00. The lowest BCUT2D eigenvalue weighted by atomic mass is 10.1. The Bertz CT molecular complexity index is 398. The molecule has 0 N–H and O–H groups in total. The summed E-state index contributed by atoms with van der Waals surface area (Å²) in [5.41, 5.74) is 0.725. The van der Waals surface area contributed by atoms with E-state index < -0.39 is 10.8 Å². The normalized spacial score (nSPS) is 12.7. The molecule has 0 saturated heterocycles. The van der Waals surface area contributed by atoms with E-state index in [9.17, 15) is 9.00 Å². The molecule has 0 aromatic heterocycles. The Hall–Kier alpha value is -0.480. The van der Waals surface area contributed by atoms with E-state index in [-0.39, 0.29) is 11.0 Å². The molecule has 17 heavy (non-hydrogen) atoms. The molecule has 0 aliphatic carbocycles. The number of hydrogen-bond acceptors (Lipinski definition) is 2. The van der Waals surface area contributed by atoms with E-state index in [2.05, 4.69) is 15.9 Å². The van der Waals surface area contributed by atoms with Gasteiger partial charge in [-0.3, -0.25) is 9.00 Å². The van der Waals surface area contributed by atoms with Crippen molar-refractivity contribution in [2.24, 2.45) is 0 Å². The van der Waals surface area contributed by atoms with Gasteiger partial charge in [-0.1, -0.05) is 41.9 Å². The van der Waals surface area contributed by atoms with Gasteiger partial charge in [0.1, 0.15) is 0 Å². The van der Waals surface area contributed by atoms with Crippen LogP contribution in [0, 0.1) is 0 Å². The fourth-order valence-electron chi connectivity index (χ4n) is 1.39. The minimum atomic E-state index is -0.808. The quantitative estimate of drug-likeness (QED) is 0.752. The highest BCUT2D eigenvalue weighted by molar-refractivity contribution is 9.10. The zero-order valence-electron chi connectivity index (χ0n) is 10.1. The summed E-state index contributed by atoms with van der Waals surface area (Å²) in [6.07, 6.45) is 1.17. The van der Waals surface area contributed by atoms with E-state index in [1.807, 2.05) is 38.1 Å². The number of Topliss-reactive ketones (excluding diaryl/α,β-unsaturated/α-hetero) is 1. The van der Waals surface area contributed by atoms with E-state index >= 15 is 0 Å². The van der Waals surface area contributed by atoms with E-state index in [1.54, 1.807) is 0 Å². The predicted molar refractivity (Wildman–Crippen MR) is 75.9 cm³/mol. The Labute approximate surface area is 113 Å². The van der Waals surface area contributed by atoms with E-state index in [0.717, 1.165) is 10.0 Å². The molecule has 1 atom stereocenters. The molecule has 1 rings (SSSR count). The van der Waals surface area contributed by atoms with Crippen molar-refractivity contribution in [3.8, 4) is 0 Å². The number of benzene rings is 1. The molecule has 1 aromatic rings. The van der Waals surface area contributed by atoms with Crippen molar-refractivity contribution in [1.29, 1.82) is 0 Å². The minimum Gasteiger partial charge on any atom is -0.294 e. The highest BCUT2D eigenvalue weighted by Gasteiger charge is 2.08. The van der Waals surface area contributed by atoms with Crippen LogP contribution in [0.2, 0.25) is 0 Å². The zero-order chi connectivity index (χ0) is 12.8.